The zero-order chi connectivity index (χ0) is 13.5. The van der Waals surface area contributed by atoms with Crippen LogP contribution in [0.15, 0.2) is 22.8 Å². The number of ether oxygens (including phenoxy) is 2. The summed E-state index contributed by atoms with van der Waals surface area (Å²) in [6.07, 6.45) is 4.47. The molecule has 1 fully saturated rings. The average Bonchev–Trinajstić information content (AvgIpc) is 3.10. The average molecular weight is 281 g/mol. The lowest BCUT2D eigenvalue weighted by atomic mass is 10.1. The second kappa shape index (κ2) is 7.87. The number of hydrogen-bond acceptors (Lipinski definition) is 3. The van der Waals surface area contributed by atoms with Crippen molar-refractivity contribution in [2.45, 2.75) is 57.0 Å². The van der Waals surface area contributed by atoms with E-state index in [1.54, 1.807) is 6.26 Å². The quantitative estimate of drug-likeness (QED) is 0.479. The van der Waals surface area contributed by atoms with Gasteiger partial charge in [-0.15, -0.1) is 0 Å². The van der Waals surface area contributed by atoms with E-state index in [1.807, 2.05) is 12.1 Å². The van der Waals surface area contributed by atoms with Gasteiger partial charge in [-0.05, 0) is 18.6 Å². The molecular weight excluding hydrogens is 256 g/mol. The SMILES string of the molecule is CC[Si](CC)CCCC(OCC1CO1)c1ccco1. The van der Waals surface area contributed by atoms with E-state index in [4.69, 9.17) is 13.9 Å². The fourth-order valence-corrected chi connectivity index (χ4v) is 4.22. The van der Waals surface area contributed by atoms with Crippen molar-refractivity contribution < 1.29 is 13.9 Å². The van der Waals surface area contributed by atoms with Gasteiger partial charge in [0, 0.05) is 8.80 Å². The summed E-state index contributed by atoms with van der Waals surface area (Å²) in [6, 6.07) is 8.10. The lowest BCUT2D eigenvalue weighted by Gasteiger charge is -2.16. The molecule has 1 aromatic rings. The molecule has 2 atom stereocenters. The van der Waals surface area contributed by atoms with Crippen molar-refractivity contribution in [1.82, 2.24) is 0 Å². The fraction of sp³-hybridized carbons (Fsp3) is 0.733. The fourth-order valence-electron chi connectivity index (χ4n) is 2.31. The number of epoxide rings is 1. The van der Waals surface area contributed by atoms with E-state index in [1.165, 1.54) is 24.6 Å². The Morgan fingerprint density at radius 3 is 2.79 bits per heavy atom. The Hall–Kier alpha value is -0.583. The van der Waals surface area contributed by atoms with E-state index in [2.05, 4.69) is 13.8 Å². The molecule has 0 saturated carbocycles. The number of furan rings is 1. The first-order chi connectivity index (χ1) is 9.33. The van der Waals surface area contributed by atoms with Crippen molar-refractivity contribution in [2.24, 2.45) is 0 Å². The zero-order valence-electron chi connectivity index (χ0n) is 12.1. The molecule has 19 heavy (non-hydrogen) atoms. The normalized spacial score (nSPS) is 19.8. The maximum atomic E-state index is 5.95. The summed E-state index contributed by atoms with van der Waals surface area (Å²) in [4.78, 5) is 0. The second-order valence-electron chi connectivity index (χ2n) is 5.14. The monoisotopic (exact) mass is 281 g/mol. The van der Waals surface area contributed by atoms with Gasteiger partial charge in [-0.25, -0.2) is 0 Å². The highest BCUT2D eigenvalue weighted by Crippen LogP contribution is 2.26. The van der Waals surface area contributed by atoms with E-state index >= 15 is 0 Å². The summed E-state index contributed by atoms with van der Waals surface area (Å²) < 4.78 is 16.7. The van der Waals surface area contributed by atoms with Crippen LogP contribution in [0.1, 0.15) is 38.6 Å². The summed E-state index contributed by atoms with van der Waals surface area (Å²) in [6.45, 7) is 6.19. The minimum Gasteiger partial charge on any atom is -0.467 e. The minimum atomic E-state index is -0.116. The predicted molar refractivity (Wildman–Crippen MR) is 77.9 cm³/mol. The Morgan fingerprint density at radius 1 is 1.42 bits per heavy atom. The smallest absolute Gasteiger partial charge is 0.132 e. The summed E-state index contributed by atoms with van der Waals surface area (Å²) in [7, 11) is -0.116. The van der Waals surface area contributed by atoms with Gasteiger partial charge in [-0.3, -0.25) is 0 Å². The third kappa shape index (κ3) is 5.13. The molecule has 0 N–H and O–H groups in total. The molecule has 1 aliphatic heterocycles. The molecule has 1 aromatic heterocycles. The third-order valence-corrected chi connectivity index (χ3v) is 6.80. The van der Waals surface area contributed by atoms with Crippen molar-refractivity contribution >= 4 is 8.80 Å². The second-order valence-corrected chi connectivity index (χ2v) is 8.56. The first-order valence-electron chi connectivity index (χ1n) is 7.43. The van der Waals surface area contributed by atoms with Crippen LogP contribution in [0, 0.1) is 0 Å². The van der Waals surface area contributed by atoms with Crippen molar-refractivity contribution in [2.75, 3.05) is 13.2 Å². The van der Waals surface area contributed by atoms with Gasteiger partial charge < -0.3 is 13.9 Å². The summed E-state index contributed by atoms with van der Waals surface area (Å²) >= 11 is 0. The molecule has 4 heteroatoms. The Morgan fingerprint density at radius 2 is 2.21 bits per heavy atom. The Kier molecular flexibility index (Phi) is 6.14. The minimum absolute atomic E-state index is 0.108. The molecular formula is C15H25O3Si. The van der Waals surface area contributed by atoms with Crippen molar-refractivity contribution in [1.29, 1.82) is 0 Å². The van der Waals surface area contributed by atoms with Crippen LogP contribution >= 0.6 is 0 Å². The largest absolute Gasteiger partial charge is 0.467 e. The molecule has 3 nitrogen and oxygen atoms in total. The topological polar surface area (TPSA) is 34.9 Å². The van der Waals surface area contributed by atoms with Crippen LogP contribution in [-0.2, 0) is 9.47 Å². The van der Waals surface area contributed by atoms with Gasteiger partial charge in [-0.2, -0.15) is 0 Å². The maximum Gasteiger partial charge on any atom is 0.132 e. The van der Waals surface area contributed by atoms with Crippen molar-refractivity contribution in [3.63, 3.8) is 0 Å². The molecule has 107 valence electrons. The molecule has 0 aromatic carbocycles. The van der Waals surface area contributed by atoms with Crippen molar-refractivity contribution in [3.05, 3.63) is 24.2 Å². The number of hydrogen-bond donors (Lipinski definition) is 0. The van der Waals surface area contributed by atoms with Crippen LogP contribution in [0.3, 0.4) is 0 Å². The Balaban J connectivity index is 1.76. The van der Waals surface area contributed by atoms with E-state index in [0.29, 0.717) is 12.7 Å². The maximum absolute atomic E-state index is 5.95. The molecule has 0 amide bonds. The number of rotatable bonds is 10. The highest BCUT2D eigenvalue weighted by molar-refractivity contribution is 6.58. The van der Waals surface area contributed by atoms with E-state index in [9.17, 15) is 0 Å². The van der Waals surface area contributed by atoms with Gasteiger partial charge in [0.05, 0.1) is 19.5 Å². The van der Waals surface area contributed by atoms with Crippen LogP contribution in [-0.4, -0.2) is 28.1 Å². The molecule has 2 unspecified atom stereocenters. The summed E-state index contributed by atoms with van der Waals surface area (Å²) in [5, 5.41) is 0. The van der Waals surface area contributed by atoms with Gasteiger partial charge in [0.15, 0.2) is 0 Å². The van der Waals surface area contributed by atoms with Crippen LogP contribution in [0.4, 0.5) is 0 Å². The highest BCUT2D eigenvalue weighted by Gasteiger charge is 2.25. The molecule has 2 heterocycles. The van der Waals surface area contributed by atoms with Gasteiger partial charge in [0.25, 0.3) is 0 Å². The summed E-state index contributed by atoms with van der Waals surface area (Å²) in [5.41, 5.74) is 0. The standard InChI is InChI=1S/C15H25O3Si/c1-3-19(4-2)10-6-8-15(14-7-5-9-16-14)18-12-13-11-17-13/h5,7,9,13,15H,3-4,6,8,10-12H2,1-2H3. The highest BCUT2D eigenvalue weighted by atomic mass is 28.3. The molecule has 1 saturated heterocycles. The molecule has 0 spiro atoms. The van der Waals surface area contributed by atoms with E-state index in [-0.39, 0.29) is 14.9 Å². The lowest BCUT2D eigenvalue weighted by Crippen LogP contribution is -2.12. The zero-order valence-corrected chi connectivity index (χ0v) is 13.1. The van der Waals surface area contributed by atoms with Crippen LogP contribution in [0.5, 0.6) is 0 Å². The molecule has 2 rings (SSSR count). The van der Waals surface area contributed by atoms with Gasteiger partial charge in [0.2, 0.25) is 0 Å². The van der Waals surface area contributed by atoms with Gasteiger partial charge in [-0.1, -0.05) is 38.4 Å². The van der Waals surface area contributed by atoms with Crippen molar-refractivity contribution in [3.8, 4) is 0 Å². The van der Waals surface area contributed by atoms with Gasteiger partial charge in [0.1, 0.15) is 18.0 Å². The predicted octanol–water partition coefficient (Wildman–Crippen LogP) is 4.05. The summed E-state index contributed by atoms with van der Waals surface area (Å²) in [5.74, 6) is 0.961. The Labute approximate surface area is 117 Å². The van der Waals surface area contributed by atoms with Crippen LogP contribution in [0.25, 0.3) is 0 Å². The van der Waals surface area contributed by atoms with Crippen LogP contribution in [0.2, 0.25) is 18.1 Å². The third-order valence-electron chi connectivity index (χ3n) is 3.74. The van der Waals surface area contributed by atoms with E-state index in [0.717, 1.165) is 18.8 Å². The first-order valence-corrected chi connectivity index (χ1v) is 9.55. The lowest BCUT2D eigenvalue weighted by molar-refractivity contribution is 0.0223. The molecule has 0 aliphatic carbocycles. The van der Waals surface area contributed by atoms with Gasteiger partial charge >= 0.3 is 0 Å². The molecule has 1 radical (unpaired) electrons. The first kappa shape index (κ1) is 14.8. The van der Waals surface area contributed by atoms with Crippen LogP contribution < -0.4 is 0 Å². The molecule has 0 bridgehead atoms. The Bertz CT molecular complexity index is 331. The van der Waals surface area contributed by atoms with E-state index < -0.39 is 0 Å². The molecule has 1 aliphatic rings.